The minimum atomic E-state index is -0.533. The van der Waals surface area contributed by atoms with Gasteiger partial charge in [0, 0.05) is 16.8 Å². The Balaban J connectivity index is 1.92. The lowest BCUT2D eigenvalue weighted by molar-refractivity contribution is 0.102. The molecule has 2 N–H and O–H groups in total. The second-order valence-electron chi connectivity index (χ2n) is 6.65. The third-order valence-corrected chi connectivity index (χ3v) is 4.71. The highest BCUT2D eigenvalue weighted by atomic mass is 16.2. The van der Waals surface area contributed by atoms with Crippen LogP contribution < -0.4 is 10.9 Å². The molecule has 0 aliphatic rings. The maximum atomic E-state index is 13.2. The van der Waals surface area contributed by atoms with Gasteiger partial charge in [-0.3, -0.25) is 9.59 Å². The molecule has 0 saturated carbocycles. The van der Waals surface area contributed by atoms with E-state index in [1.807, 2.05) is 91.9 Å². The molecule has 0 fully saturated rings. The zero-order valence-corrected chi connectivity index (χ0v) is 15.8. The molecule has 142 valence electrons. The normalized spacial score (nSPS) is 10.5. The average Bonchev–Trinajstić information content (AvgIpc) is 2.76. The number of nitrogens with zero attached hydrogens (tertiary/aromatic N) is 1. The van der Waals surface area contributed by atoms with Gasteiger partial charge in [0.05, 0.1) is 5.69 Å². The van der Waals surface area contributed by atoms with Crippen molar-refractivity contribution in [3.05, 3.63) is 106 Å². The lowest BCUT2D eigenvalue weighted by atomic mass is 9.95. The van der Waals surface area contributed by atoms with Gasteiger partial charge < -0.3 is 5.32 Å². The van der Waals surface area contributed by atoms with Gasteiger partial charge in [0.15, 0.2) is 0 Å². The molecule has 0 atom stereocenters. The maximum absolute atomic E-state index is 13.2. The Hall–Kier alpha value is -3.99. The number of H-pyrrole nitrogens is 1. The second-order valence-corrected chi connectivity index (χ2v) is 6.65. The second kappa shape index (κ2) is 7.94. The van der Waals surface area contributed by atoms with E-state index in [0.29, 0.717) is 16.9 Å². The topological polar surface area (TPSA) is 74.8 Å². The largest absolute Gasteiger partial charge is 0.322 e. The van der Waals surface area contributed by atoms with Crippen molar-refractivity contribution in [1.82, 2.24) is 10.2 Å². The first kappa shape index (κ1) is 18.4. The molecule has 3 aromatic carbocycles. The number of hydrogen-bond acceptors (Lipinski definition) is 3. The molecule has 0 unspecified atom stereocenters. The summed E-state index contributed by atoms with van der Waals surface area (Å²) < 4.78 is 0. The van der Waals surface area contributed by atoms with Gasteiger partial charge in [-0.2, -0.15) is 5.10 Å². The molecule has 0 aliphatic heterocycles. The van der Waals surface area contributed by atoms with Gasteiger partial charge in [0.1, 0.15) is 5.56 Å². The van der Waals surface area contributed by atoms with E-state index in [0.717, 1.165) is 16.7 Å². The number of amides is 1. The summed E-state index contributed by atoms with van der Waals surface area (Å²) in [6, 6.07) is 26.3. The molecule has 0 bridgehead atoms. The molecule has 0 spiro atoms. The van der Waals surface area contributed by atoms with Crippen LogP contribution in [-0.2, 0) is 0 Å². The van der Waals surface area contributed by atoms with Crippen LogP contribution >= 0.6 is 0 Å². The summed E-state index contributed by atoms with van der Waals surface area (Å²) in [6.45, 7) is 1.90. The van der Waals surface area contributed by atoms with Gasteiger partial charge in [-0.05, 0) is 24.1 Å². The quantitative estimate of drug-likeness (QED) is 0.540. The van der Waals surface area contributed by atoms with Crippen molar-refractivity contribution >= 4 is 11.6 Å². The fourth-order valence-corrected chi connectivity index (χ4v) is 3.26. The Labute approximate surface area is 168 Å². The Morgan fingerprint density at radius 2 is 1.41 bits per heavy atom. The Morgan fingerprint density at radius 3 is 2.07 bits per heavy atom. The van der Waals surface area contributed by atoms with Crippen LogP contribution in [0.5, 0.6) is 0 Å². The average molecular weight is 381 g/mol. The van der Waals surface area contributed by atoms with Crippen LogP contribution in [0.25, 0.3) is 22.4 Å². The summed E-state index contributed by atoms with van der Waals surface area (Å²) in [5.41, 5.74) is 3.69. The summed E-state index contributed by atoms with van der Waals surface area (Å²) in [7, 11) is 0. The smallest absolute Gasteiger partial charge is 0.277 e. The van der Waals surface area contributed by atoms with Crippen molar-refractivity contribution in [2.75, 3.05) is 5.32 Å². The SMILES string of the molecule is Cc1ccccc1NC(=O)c1c(-c2ccccc2)c(-c2ccccc2)n[nH]c1=O. The van der Waals surface area contributed by atoms with Crippen molar-refractivity contribution in [1.29, 1.82) is 0 Å². The molecule has 29 heavy (non-hydrogen) atoms. The van der Waals surface area contributed by atoms with Crippen LogP contribution in [0, 0.1) is 6.92 Å². The van der Waals surface area contributed by atoms with Gasteiger partial charge in [-0.15, -0.1) is 0 Å². The number of anilines is 1. The van der Waals surface area contributed by atoms with Gasteiger partial charge in [0.25, 0.3) is 11.5 Å². The molecule has 4 rings (SSSR count). The molecule has 1 heterocycles. The number of carbonyl (C=O) groups excluding carboxylic acids is 1. The number of rotatable bonds is 4. The summed E-state index contributed by atoms with van der Waals surface area (Å²) in [4.78, 5) is 25.9. The molecule has 5 heteroatoms. The number of aromatic amines is 1. The van der Waals surface area contributed by atoms with Crippen molar-refractivity contribution < 1.29 is 4.79 Å². The highest BCUT2D eigenvalue weighted by molar-refractivity contribution is 6.10. The van der Waals surface area contributed by atoms with E-state index < -0.39 is 11.5 Å². The van der Waals surface area contributed by atoms with Crippen LogP contribution in [0.15, 0.2) is 89.7 Å². The van der Waals surface area contributed by atoms with E-state index in [2.05, 4.69) is 15.5 Å². The Bertz CT molecular complexity index is 1220. The Morgan fingerprint density at radius 1 is 0.828 bits per heavy atom. The first-order valence-electron chi connectivity index (χ1n) is 9.25. The van der Waals surface area contributed by atoms with Gasteiger partial charge in [0.2, 0.25) is 0 Å². The number of benzene rings is 3. The number of aryl methyl sites for hydroxylation is 1. The van der Waals surface area contributed by atoms with Crippen molar-refractivity contribution in [3.8, 4) is 22.4 Å². The fourth-order valence-electron chi connectivity index (χ4n) is 3.26. The molecule has 1 aromatic heterocycles. The monoisotopic (exact) mass is 381 g/mol. The van der Waals surface area contributed by atoms with E-state index in [1.165, 1.54) is 0 Å². The zero-order chi connectivity index (χ0) is 20.2. The first-order valence-corrected chi connectivity index (χ1v) is 9.25. The predicted molar refractivity (Wildman–Crippen MR) is 115 cm³/mol. The van der Waals surface area contributed by atoms with E-state index in [9.17, 15) is 9.59 Å². The molecule has 0 radical (unpaired) electrons. The highest BCUT2D eigenvalue weighted by Gasteiger charge is 2.23. The zero-order valence-electron chi connectivity index (χ0n) is 15.8. The molecule has 0 aliphatic carbocycles. The lowest BCUT2D eigenvalue weighted by Crippen LogP contribution is -2.26. The first-order chi connectivity index (χ1) is 14.1. The number of hydrogen-bond donors (Lipinski definition) is 2. The van der Waals surface area contributed by atoms with Crippen molar-refractivity contribution in [2.45, 2.75) is 6.92 Å². The van der Waals surface area contributed by atoms with E-state index in [4.69, 9.17) is 0 Å². The van der Waals surface area contributed by atoms with Gasteiger partial charge in [-0.25, -0.2) is 5.10 Å². The summed E-state index contributed by atoms with van der Waals surface area (Å²) >= 11 is 0. The lowest BCUT2D eigenvalue weighted by Gasteiger charge is -2.14. The number of aromatic nitrogens is 2. The third-order valence-electron chi connectivity index (χ3n) is 4.71. The number of nitrogens with one attached hydrogen (secondary N) is 2. The van der Waals surface area contributed by atoms with E-state index in [1.54, 1.807) is 0 Å². The van der Waals surface area contributed by atoms with Crippen LogP contribution in [0.3, 0.4) is 0 Å². The highest BCUT2D eigenvalue weighted by Crippen LogP contribution is 2.32. The van der Waals surface area contributed by atoms with Crippen molar-refractivity contribution in [2.24, 2.45) is 0 Å². The van der Waals surface area contributed by atoms with Crippen LogP contribution in [0.4, 0.5) is 5.69 Å². The van der Waals surface area contributed by atoms with Gasteiger partial charge in [-0.1, -0.05) is 78.9 Å². The molecule has 4 aromatic rings. The Kier molecular flexibility index (Phi) is 5.03. The fraction of sp³-hybridized carbons (Fsp3) is 0.0417. The molecular formula is C24H19N3O2. The van der Waals surface area contributed by atoms with E-state index >= 15 is 0 Å². The number of carbonyl (C=O) groups is 1. The summed E-state index contributed by atoms with van der Waals surface area (Å²) in [5.74, 6) is -0.473. The van der Waals surface area contributed by atoms with Gasteiger partial charge >= 0.3 is 0 Å². The molecule has 5 nitrogen and oxygen atoms in total. The standard InChI is InChI=1S/C24H19N3O2/c1-16-10-8-9-15-19(16)25-23(28)21-20(17-11-4-2-5-12-17)22(26-27-24(21)29)18-13-6-3-7-14-18/h2-15H,1H3,(H,25,28)(H,27,29). The molecular weight excluding hydrogens is 362 g/mol. The van der Waals surface area contributed by atoms with Crippen LogP contribution in [0.1, 0.15) is 15.9 Å². The minimum Gasteiger partial charge on any atom is -0.322 e. The minimum absolute atomic E-state index is 0.0355. The van der Waals surface area contributed by atoms with Crippen LogP contribution in [0.2, 0.25) is 0 Å². The summed E-state index contributed by atoms with van der Waals surface area (Å²) in [6.07, 6.45) is 0. The summed E-state index contributed by atoms with van der Waals surface area (Å²) in [5, 5.41) is 9.64. The predicted octanol–water partition coefficient (Wildman–Crippen LogP) is 4.66. The maximum Gasteiger partial charge on any atom is 0.277 e. The number of para-hydroxylation sites is 1. The van der Waals surface area contributed by atoms with Crippen LogP contribution in [-0.4, -0.2) is 16.1 Å². The molecule has 1 amide bonds. The van der Waals surface area contributed by atoms with E-state index in [-0.39, 0.29) is 5.56 Å². The van der Waals surface area contributed by atoms with Crippen molar-refractivity contribution in [3.63, 3.8) is 0 Å². The molecule has 0 saturated heterocycles. The third kappa shape index (κ3) is 3.71.